The van der Waals surface area contributed by atoms with E-state index in [1.54, 1.807) is 24.3 Å². The van der Waals surface area contributed by atoms with E-state index in [4.69, 9.17) is 16.9 Å². The molecule has 36 heavy (non-hydrogen) atoms. The molecule has 2 amide bonds. The number of nitrogens with two attached hydrogens (primary N) is 2. The Morgan fingerprint density at radius 1 is 0.861 bits per heavy atom. The lowest BCUT2D eigenvalue weighted by Crippen LogP contribution is -2.45. The quantitative estimate of drug-likeness (QED) is 0.246. The molecule has 1 atom stereocenters. The van der Waals surface area contributed by atoms with E-state index in [0.29, 0.717) is 29.2 Å². The molecule has 0 aliphatic heterocycles. The van der Waals surface area contributed by atoms with Crippen molar-refractivity contribution in [3.8, 4) is 11.1 Å². The normalized spacial score (nSPS) is 18.1. The molecule has 0 aromatic heterocycles. The van der Waals surface area contributed by atoms with Crippen molar-refractivity contribution in [3.05, 3.63) is 95.6 Å². The standard InChI is InChI=1S/C29H33N5O2/c30-18-19-9-15-25(16-10-19)33-29(36)26(34-28(35)24-8-4-7-23(17-24)27(31)32)22-13-11-21(12-14-22)20-5-2-1-3-6-20/h1-8,11-14,17,19,25-26H,9-10,15-16,18,30H2,(H3,31,32)(H,33,36)(H,34,35)/t19?,25?,26-/m0/s1. The van der Waals surface area contributed by atoms with Crippen LogP contribution in [0.15, 0.2) is 78.9 Å². The summed E-state index contributed by atoms with van der Waals surface area (Å²) in [5.74, 6) is -0.261. The highest BCUT2D eigenvalue weighted by Crippen LogP contribution is 2.26. The third-order valence-electron chi connectivity index (χ3n) is 6.85. The lowest BCUT2D eigenvalue weighted by atomic mass is 9.86. The van der Waals surface area contributed by atoms with Gasteiger partial charge in [-0.1, -0.05) is 66.7 Å². The largest absolute Gasteiger partial charge is 0.384 e. The van der Waals surface area contributed by atoms with E-state index >= 15 is 0 Å². The van der Waals surface area contributed by atoms with Crippen LogP contribution in [0.2, 0.25) is 0 Å². The number of amidine groups is 1. The molecule has 4 rings (SSSR count). The Kier molecular flexibility index (Phi) is 8.13. The maximum absolute atomic E-state index is 13.5. The van der Waals surface area contributed by atoms with E-state index in [-0.39, 0.29) is 17.8 Å². The first kappa shape index (κ1) is 25.1. The Bertz CT molecular complexity index is 1200. The molecule has 3 aromatic carbocycles. The zero-order valence-electron chi connectivity index (χ0n) is 20.2. The number of benzene rings is 3. The summed E-state index contributed by atoms with van der Waals surface area (Å²) in [5, 5.41) is 13.7. The van der Waals surface area contributed by atoms with Crippen molar-refractivity contribution in [3.63, 3.8) is 0 Å². The van der Waals surface area contributed by atoms with Crippen LogP contribution in [-0.2, 0) is 4.79 Å². The van der Waals surface area contributed by atoms with Crippen molar-refractivity contribution >= 4 is 17.6 Å². The van der Waals surface area contributed by atoms with Crippen molar-refractivity contribution in [2.75, 3.05) is 6.54 Å². The van der Waals surface area contributed by atoms with Crippen LogP contribution in [-0.4, -0.2) is 30.2 Å². The van der Waals surface area contributed by atoms with Gasteiger partial charge in [0.2, 0.25) is 5.91 Å². The van der Waals surface area contributed by atoms with Gasteiger partial charge in [0.1, 0.15) is 11.9 Å². The van der Waals surface area contributed by atoms with E-state index in [9.17, 15) is 9.59 Å². The molecule has 1 saturated carbocycles. The molecule has 0 radical (unpaired) electrons. The fraction of sp³-hybridized carbons (Fsp3) is 0.276. The van der Waals surface area contributed by atoms with Gasteiger partial charge in [0.15, 0.2) is 0 Å². The molecule has 0 spiro atoms. The van der Waals surface area contributed by atoms with Crippen LogP contribution in [0.4, 0.5) is 0 Å². The lowest BCUT2D eigenvalue weighted by Gasteiger charge is -2.30. The summed E-state index contributed by atoms with van der Waals surface area (Å²) in [7, 11) is 0. The van der Waals surface area contributed by atoms with Crippen LogP contribution in [0.25, 0.3) is 11.1 Å². The molecular weight excluding hydrogens is 450 g/mol. The molecule has 0 saturated heterocycles. The minimum absolute atomic E-state index is 0.0596. The van der Waals surface area contributed by atoms with Crippen LogP contribution >= 0.6 is 0 Å². The monoisotopic (exact) mass is 483 g/mol. The lowest BCUT2D eigenvalue weighted by molar-refractivity contribution is -0.124. The van der Waals surface area contributed by atoms with Crippen LogP contribution < -0.4 is 22.1 Å². The summed E-state index contributed by atoms with van der Waals surface area (Å²) in [6.45, 7) is 0.673. The first-order valence-corrected chi connectivity index (χ1v) is 12.4. The van der Waals surface area contributed by atoms with Crippen molar-refractivity contribution in [1.29, 1.82) is 5.41 Å². The number of rotatable bonds is 8. The third kappa shape index (κ3) is 6.17. The fourth-order valence-electron chi connectivity index (χ4n) is 4.67. The van der Waals surface area contributed by atoms with Gasteiger partial charge in [0, 0.05) is 17.2 Å². The molecule has 3 aromatic rings. The third-order valence-corrected chi connectivity index (χ3v) is 6.85. The highest BCUT2D eigenvalue weighted by Gasteiger charge is 2.28. The Morgan fingerprint density at radius 3 is 2.14 bits per heavy atom. The highest BCUT2D eigenvalue weighted by molar-refractivity contribution is 6.01. The number of nitrogens with one attached hydrogen (secondary N) is 3. The number of hydrogen-bond acceptors (Lipinski definition) is 4. The Morgan fingerprint density at radius 2 is 1.50 bits per heavy atom. The molecule has 7 N–H and O–H groups in total. The van der Waals surface area contributed by atoms with Crippen LogP contribution in [0, 0.1) is 11.3 Å². The van der Waals surface area contributed by atoms with Gasteiger partial charge in [-0.05, 0) is 67.0 Å². The molecule has 0 unspecified atom stereocenters. The molecule has 7 nitrogen and oxygen atoms in total. The molecule has 186 valence electrons. The Labute approximate surface area is 211 Å². The average Bonchev–Trinajstić information content (AvgIpc) is 2.92. The van der Waals surface area contributed by atoms with Crippen molar-refractivity contribution < 1.29 is 9.59 Å². The van der Waals surface area contributed by atoms with E-state index < -0.39 is 11.9 Å². The van der Waals surface area contributed by atoms with Crippen LogP contribution in [0.3, 0.4) is 0 Å². The minimum Gasteiger partial charge on any atom is -0.384 e. The second-order valence-corrected chi connectivity index (χ2v) is 9.35. The van der Waals surface area contributed by atoms with E-state index in [1.165, 1.54) is 0 Å². The number of carbonyl (C=O) groups excluding carboxylic acids is 2. The summed E-state index contributed by atoms with van der Waals surface area (Å²) in [4.78, 5) is 26.6. The van der Waals surface area contributed by atoms with Gasteiger partial charge in [-0.3, -0.25) is 15.0 Å². The maximum Gasteiger partial charge on any atom is 0.252 e. The van der Waals surface area contributed by atoms with Crippen molar-refractivity contribution in [1.82, 2.24) is 10.6 Å². The maximum atomic E-state index is 13.5. The SMILES string of the molecule is N=C(N)c1cccc(C(=O)N[C@H](C(=O)NC2CCC(CN)CC2)c2ccc(-c3ccccc3)cc2)c1. The predicted octanol–water partition coefficient (Wildman–Crippen LogP) is 3.74. The van der Waals surface area contributed by atoms with Gasteiger partial charge in [-0.2, -0.15) is 0 Å². The fourth-order valence-corrected chi connectivity index (χ4v) is 4.67. The number of amides is 2. The first-order chi connectivity index (χ1) is 17.4. The van der Waals surface area contributed by atoms with Crippen LogP contribution in [0.1, 0.15) is 53.2 Å². The van der Waals surface area contributed by atoms with Gasteiger partial charge in [0.25, 0.3) is 5.91 Å². The molecule has 1 aliphatic carbocycles. The van der Waals surface area contributed by atoms with Gasteiger partial charge in [-0.15, -0.1) is 0 Å². The van der Waals surface area contributed by atoms with E-state index in [1.807, 2.05) is 54.6 Å². The summed E-state index contributed by atoms with van der Waals surface area (Å²) >= 11 is 0. The Hall–Kier alpha value is -3.97. The van der Waals surface area contributed by atoms with Crippen molar-refractivity contribution in [2.24, 2.45) is 17.4 Å². The average molecular weight is 484 g/mol. The second-order valence-electron chi connectivity index (χ2n) is 9.35. The molecule has 1 fully saturated rings. The smallest absolute Gasteiger partial charge is 0.252 e. The molecule has 1 aliphatic rings. The van der Waals surface area contributed by atoms with Crippen molar-refractivity contribution in [2.45, 2.75) is 37.8 Å². The Balaban J connectivity index is 1.56. The number of nitrogen functional groups attached to an aromatic ring is 1. The van der Waals surface area contributed by atoms with Crippen LogP contribution in [0.5, 0.6) is 0 Å². The summed E-state index contributed by atoms with van der Waals surface area (Å²) < 4.78 is 0. The number of hydrogen-bond donors (Lipinski definition) is 5. The molecular formula is C29H33N5O2. The van der Waals surface area contributed by atoms with Gasteiger partial charge < -0.3 is 22.1 Å². The second kappa shape index (κ2) is 11.6. The molecule has 0 heterocycles. The summed E-state index contributed by atoms with van der Waals surface area (Å²) in [5.41, 5.74) is 15.0. The van der Waals surface area contributed by atoms with Gasteiger partial charge in [-0.25, -0.2) is 0 Å². The summed E-state index contributed by atoms with van der Waals surface area (Å²) in [6, 6.07) is 23.4. The predicted molar refractivity (Wildman–Crippen MR) is 142 cm³/mol. The molecule has 0 bridgehead atoms. The minimum atomic E-state index is -0.865. The van der Waals surface area contributed by atoms with E-state index in [2.05, 4.69) is 10.6 Å². The van der Waals surface area contributed by atoms with E-state index in [0.717, 1.165) is 36.8 Å². The topological polar surface area (TPSA) is 134 Å². The molecule has 7 heteroatoms. The number of carbonyl (C=O) groups is 2. The first-order valence-electron chi connectivity index (χ1n) is 12.4. The highest BCUT2D eigenvalue weighted by atomic mass is 16.2. The zero-order chi connectivity index (χ0) is 25.5. The zero-order valence-corrected chi connectivity index (χ0v) is 20.2. The van der Waals surface area contributed by atoms with Gasteiger partial charge in [0.05, 0.1) is 0 Å². The summed E-state index contributed by atoms with van der Waals surface area (Å²) in [6.07, 6.45) is 3.73. The van der Waals surface area contributed by atoms with Gasteiger partial charge >= 0.3 is 0 Å².